The van der Waals surface area contributed by atoms with Gasteiger partial charge >= 0.3 is 0 Å². The third-order valence-corrected chi connectivity index (χ3v) is 10.1. The number of rotatable bonds is 5. The molecule has 3 aliphatic rings. The number of ether oxygens (including phenoxy) is 1. The molecule has 1 atom stereocenters. The zero-order valence-corrected chi connectivity index (χ0v) is 24.2. The topological polar surface area (TPSA) is 52.4 Å². The molecule has 1 aliphatic carbocycles. The lowest BCUT2D eigenvalue weighted by Crippen LogP contribution is -2.72. The fraction of sp³-hybridized carbons (Fsp3) is 0.727. The minimum atomic E-state index is -0.258. The first kappa shape index (κ1) is 26.9. The number of hydrogen-bond donors (Lipinski definition) is 0. The van der Waals surface area contributed by atoms with Crippen LogP contribution in [0.1, 0.15) is 55.0 Å². The summed E-state index contributed by atoms with van der Waals surface area (Å²) in [5.41, 5.74) is 3.99. The predicted octanol–water partition coefficient (Wildman–Crippen LogP) is -4.50. The van der Waals surface area contributed by atoms with Gasteiger partial charge in [0.15, 0.2) is 0 Å². The Balaban J connectivity index is 1.86. The van der Waals surface area contributed by atoms with E-state index < -0.39 is 0 Å². The van der Waals surface area contributed by atoms with E-state index in [1.165, 1.54) is 29.7 Å². The largest absolute Gasteiger partial charge is 0.370 e. The molecule has 0 bridgehead atoms. The molecule has 2 fully saturated rings. The summed E-state index contributed by atoms with van der Waals surface area (Å²) in [6.45, 7) is 7.55. The number of piperazine rings is 1. The molecule has 0 spiro atoms. The number of nitrogens with zero attached hydrogens (tertiary/aromatic N) is 4. The fourth-order valence-corrected chi connectivity index (χ4v) is 7.37. The van der Waals surface area contributed by atoms with Crippen LogP contribution in [0.3, 0.4) is 0 Å². The van der Waals surface area contributed by atoms with Gasteiger partial charge in [-0.3, -0.25) is 0 Å². The molecule has 178 valence electrons. The molecular formula is C22H40B8N4O. The Hall–Kier alpha value is -1.12. The van der Waals surface area contributed by atoms with Gasteiger partial charge in [0.2, 0.25) is 0 Å². The normalized spacial score (nSPS) is 25.6. The van der Waals surface area contributed by atoms with E-state index in [0.717, 1.165) is 37.4 Å². The summed E-state index contributed by atoms with van der Waals surface area (Å²) in [5.74, 6) is 1.43. The van der Waals surface area contributed by atoms with Crippen molar-refractivity contribution < 1.29 is 4.74 Å². The summed E-state index contributed by atoms with van der Waals surface area (Å²) in [4.78, 5) is 10.3. The van der Waals surface area contributed by atoms with Crippen LogP contribution in [-0.2, 0) is 17.8 Å². The average Bonchev–Trinajstić information content (AvgIpc) is 3.56. The Kier molecular flexibility index (Phi) is 6.50. The predicted molar refractivity (Wildman–Crippen MR) is 168 cm³/mol. The third-order valence-electron chi connectivity index (χ3n) is 10.1. The molecule has 35 heavy (non-hydrogen) atoms. The van der Waals surface area contributed by atoms with E-state index in [1.807, 2.05) is 0 Å². The second kappa shape index (κ2) is 8.45. The minimum absolute atomic E-state index is 0.00339. The summed E-state index contributed by atoms with van der Waals surface area (Å²) in [6.07, 6.45) is 3.16. The molecule has 3 heterocycles. The Labute approximate surface area is 220 Å². The quantitative estimate of drug-likeness (QED) is 0.413. The van der Waals surface area contributed by atoms with E-state index in [9.17, 15) is 5.26 Å². The number of anilines is 1. The maximum atomic E-state index is 10.5. The molecule has 0 radical (unpaired) electrons. The number of hydrogen-bond acceptors (Lipinski definition) is 5. The van der Waals surface area contributed by atoms with Crippen molar-refractivity contribution in [1.29, 1.82) is 5.26 Å². The zero-order chi connectivity index (χ0) is 26.2. The van der Waals surface area contributed by atoms with Gasteiger partial charge in [0.25, 0.3) is 0 Å². The van der Waals surface area contributed by atoms with Crippen molar-refractivity contribution in [3.8, 4) is 6.07 Å². The number of fused-ring (bicyclic) bond motifs is 1. The second-order valence-electron chi connectivity index (χ2n) is 14.5. The standard InChI is InChI=1S/C22H40B8N4O/c1-18(2)8-13-14(9-31)17(32-16(12-4-5-12)15(13)10-35-18)34-7-6-33(3)19(23,11-34)20(24,21(25,26)27)22(28,29)30/h12H,4-8,10-11,23-30H2,1-3H3. The van der Waals surface area contributed by atoms with Crippen LogP contribution in [-0.4, -0.2) is 110 Å². The van der Waals surface area contributed by atoms with E-state index in [4.69, 9.17) is 9.72 Å². The zero-order valence-electron chi connectivity index (χ0n) is 24.2. The summed E-state index contributed by atoms with van der Waals surface area (Å²) >= 11 is 0. The molecule has 1 saturated carbocycles. The number of pyridine rings is 1. The van der Waals surface area contributed by atoms with Gasteiger partial charge in [0, 0.05) is 43.0 Å². The van der Waals surface area contributed by atoms with Gasteiger partial charge in [-0.15, -0.1) is 10.2 Å². The van der Waals surface area contributed by atoms with Crippen molar-refractivity contribution in [2.24, 2.45) is 0 Å². The van der Waals surface area contributed by atoms with Gasteiger partial charge in [0.05, 0.1) is 70.5 Å². The highest BCUT2D eigenvalue weighted by Gasteiger charge is 2.59. The van der Waals surface area contributed by atoms with Crippen LogP contribution in [0.25, 0.3) is 0 Å². The van der Waals surface area contributed by atoms with E-state index in [2.05, 4.69) is 99.5 Å². The molecule has 0 N–H and O–H groups in total. The molecular weight excluding hydrogens is 423 g/mol. The highest BCUT2D eigenvalue weighted by Crippen LogP contribution is 2.63. The summed E-state index contributed by atoms with van der Waals surface area (Å²) in [5, 5.41) is 10.6. The van der Waals surface area contributed by atoms with Crippen LogP contribution in [0, 0.1) is 11.3 Å². The molecule has 13 heteroatoms. The third kappa shape index (κ3) is 4.25. The van der Waals surface area contributed by atoms with Gasteiger partial charge in [0.1, 0.15) is 27.6 Å². The van der Waals surface area contributed by atoms with Crippen LogP contribution in [0.5, 0.6) is 0 Å². The fourth-order valence-electron chi connectivity index (χ4n) is 7.37. The van der Waals surface area contributed by atoms with Crippen molar-refractivity contribution in [3.63, 3.8) is 0 Å². The summed E-state index contributed by atoms with van der Waals surface area (Å²) < 4.78 is 6.19. The number of aromatic nitrogens is 1. The molecule has 1 unspecified atom stereocenters. The van der Waals surface area contributed by atoms with Gasteiger partial charge < -0.3 is 14.5 Å². The van der Waals surface area contributed by atoms with Crippen molar-refractivity contribution in [1.82, 2.24) is 9.88 Å². The molecule has 0 amide bonds. The van der Waals surface area contributed by atoms with Crippen molar-refractivity contribution in [2.75, 3.05) is 31.6 Å². The molecule has 5 nitrogen and oxygen atoms in total. The SMILES string of the molecule is BC(B)(B)C(B)(C(B)(B)B)C1(B)CN(c2nc(C3CC3)c3c(c2C#N)CC(C)(C)OC3)CCN1C. The number of likely N-dealkylation sites (N-methyl/N-ethyl adjacent to an activating group) is 1. The number of nitriles is 1. The molecule has 4 rings (SSSR count). The highest BCUT2D eigenvalue weighted by molar-refractivity contribution is 6.70. The molecule has 2 aliphatic heterocycles. The average molecular weight is 463 g/mol. The minimum Gasteiger partial charge on any atom is -0.370 e. The lowest BCUT2D eigenvalue weighted by molar-refractivity contribution is -0.0407. The van der Waals surface area contributed by atoms with E-state index in [0.29, 0.717) is 12.5 Å². The van der Waals surface area contributed by atoms with Crippen molar-refractivity contribution >= 4 is 68.6 Å². The van der Waals surface area contributed by atoms with Gasteiger partial charge in [-0.05, 0) is 39.3 Å². The Morgan fingerprint density at radius 1 is 1.03 bits per heavy atom. The first-order valence-electron chi connectivity index (χ1n) is 13.5. The molecule has 1 aromatic rings. The maximum absolute atomic E-state index is 10.5. The molecule has 0 aromatic carbocycles. The first-order valence-corrected chi connectivity index (χ1v) is 13.5. The maximum Gasteiger partial charge on any atom is 0.147 e. The van der Waals surface area contributed by atoms with Crippen molar-refractivity contribution in [2.45, 2.75) is 72.2 Å². The van der Waals surface area contributed by atoms with Gasteiger partial charge in [-0.1, -0.05) is 5.31 Å². The first-order chi connectivity index (χ1) is 16.0. The Morgan fingerprint density at radius 3 is 2.14 bits per heavy atom. The van der Waals surface area contributed by atoms with Crippen LogP contribution in [0.15, 0.2) is 0 Å². The van der Waals surface area contributed by atoms with Gasteiger partial charge in [-0.25, -0.2) is 4.98 Å². The summed E-state index contributed by atoms with van der Waals surface area (Å²) in [7, 11) is 21.6. The van der Waals surface area contributed by atoms with Crippen LogP contribution < -0.4 is 4.90 Å². The lowest BCUT2D eigenvalue weighted by Gasteiger charge is -2.68. The Morgan fingerprint density at radius 2 is 1.63 bits per heavy atom. The smallest absolute Gasteiger partial charge is 0.147 e. The highest BCUT2D eigenvalue weighted by atomic mass is 16.5. The monoisotopic (exact) mass is 464 g/mol. The van der Waals surface area contributed by atoms with Crippen LogP contribution in [0.4, 0.5) is 5.82 Å². The molecule has 1 saturated heterocycles. The van der Waals surface area contributed by atoms with Crippen molar-refractivity contribution in [3.05, 3.63) is 22.4 Å². The van der Waals surface area contributed by atoms with Gasteiger partial charge in [-0.2, -0.15) is 5.26 Å². The second-order valence-corrected chi connectivity index (χ2v) is 14.5. The lowest BCUT2D eigenvalue weighted by atomic mass is 9.11. The molecule has 1 aromatic heterocycles. The summed E-state index contributed by atoms with van der Waals surface area (Å²) in [6, 6.07) is 2.61. The van der Waals surface area contributed by atoms with Crippen LogP contribution >= 0.6 is 0 Å². The van der Waals surface area contributed by atoms with E-state index >= 15 is 0 Å². The van der Waals surface area contributed by atoms with E-state index in [1.54, 1.807) is 0 Å². The van der Waals surface area contributed by atoms with E-state index in [-0.39, 0.29) is 26.6 Å². The Bertz CT molecular complexity index is 1050. The van der Waals surface area contributed by atoms with Crippen LogP contribution in [0.2, 0.25) is 15.5 Å².